The molecule has 1 unspecified atom stereocenters. The van der Waals surface area contributed by atoms with Gasteiger partial charge in [0, 0.05) is 0 Å². The predicted octanol–water partition coefficient (Wildman–Crippen LogP) is 7.62. The van der Waals surface area contributed by atoms with Crippen LogP contribution in [0.5, 0.6) is 0 Å². The highest BCUT2D eigenvalue weighted by molar-refractivity contribution is 6.04. The van der Waals surface area contributed by atoms with E-state index in [-0.39, 0.29) is 0 Å². The number of benzene rings is 5. The molecule has 5 aromatic rings. The molecule has 0 bridgehead atoms. The molecule has 5 aromatic carbocycles. The largest absolute Gasteiger partial charge is 0.313 e. The standard InChI is InChI=1S/C35H26N2/c1-2-24(21-29(37)23-36)26-18-19-32-31(22-26)34-30-16-10-9-11-25(30)17-20-33(34)35(32,27-12-5-3-6-13-27)28-14-7-4-8-15-28/h2-22,29H,1,37H2/b24-21+. The lowest BCUT2D eigenvalue weighted by Crippen LogP contribution is -2.28. The SMILES string of the molecule is C=C/C(=C\C(N)C#N)c1ccc2c(c1)-c1c(ccc3ccccc13)C2(c1ccccc1)c1ccccc1. The van der Waals surface area contributed by atoms with Crippen molar-refractivity contribution >= 4 is 16.3 Å². The fourth-order valence-corrected chi connectivity index (χ4v) is 5.95. The first-order valence-corrected chi connectivity index (χ1v) is 12.5. The molecule has 2 heteroatoms. The van der Waals surface area contributed by atoms with Crippen LogP contribution in [-0.2, 0) is 5.41 Å². The molecular weight excluding hydrogens is 448 g/mol. The molecule has 0 saturated carbocycles. The molecule has 1 aliphatic rings. The molecule has 0 amide bonds. The summed E-state index contributed by atoms with van der Waals surface area (Å²) >= 11 is 0. The van der Waals surface area contributed by atoms with Crippen LogP contribution in [0, 0.1) is 11.3 Å². The van der Waals surface area contributed by atoms with Crippen molar-refractivity contribution in [2.75, 3.05) is 0 Å². The molecule has 176 valence electrons. The summed E-state index contributed by atoms with van der Waals surface area (Å²) in [7, 11) is 0. The van der Waals surface area contributed by atoms with Gasteiger partial charge in [-0.15, -0.1) is 0 Å². The number of rotatable bonds is 5. The monoisotopic (exact) mass is 474 g/mol. The number of nitrogens with two attached hydrogens (primary N) is 1. The Balaban J connectivity index is 1.76. The smallest absolute Gasteiger partial charge is 0.112 e. The van der Waals surface area contributed by atoms with Gasteiger partial charge in [-0.25, -0.2) is 0 Å². The second-order valence-electron chi connectivity index (χ2n) is 9.43. The summed E-state index contributed by atoms with van der Waals surface area (Å²) in [6, 6.07) is 42.7. The Kier molecular flexibility index (Phi) is 5.57. The van der Waals surface area contributed by atoms with Gasteiger partial charge in [-0.2, -0.15) is 5.26 Å². The molecule has 1 aliphatic carbocycles. The van der Waals surface area contributed by atoms with Gasteiger partial charge in [0.1, 0.15) is 6.04 Å². The van der Waals surface area contributed by atoms with Crippen LogP contribution in [-0.4, -0.2) is 6.04 Å². The average Bonchev–Trinajstić information content (AvgIpc) is 3.27. The third-order valence-electron chi connectivity index (χ3n) is 7.50. The second kappa shape index (κ2) is 9.06. The summed E-state index contributed by atoms with van der Waals surface area (Å²) in [5.74, 6) is 0. The van der Waals surface area contributed by atoms with Gasteiger partial charge in [0.25, 0.3) is 0 Å². The Morgan fingerprint density at radius 2 is 1.41 bits per heavy atom. The molecule has 0 aromatic heterocycles. The summed E-state index contributed by atoms with van der Waals surface area (Å²) in [6.07, 6.45) is 3.55. The van der Waals surface area contributed by atoms with Gasteiger partial charge < -0.3 is 5.73 Å². The van der Waals surface area contributed by atoms with Crippen LogP contribution < -0.4 is 5.73 Å². The van der Waals surface area contributed by atoms with Gasteiger partial charge in [0.15, 0.2) is 0 Å². The lowest BCUT2D eigenvalue weighted by molar-refractivity contribution is 0.769. The van der Waals surface area contributed by atoms with Crippen LogP contribution in [0.3, 0.4) is 0 Å². The van der Waals surface area contributed by atoms with Crippen LogP contribution in [0.1, 0.15) is 27.8 Å². The van der Waals surface area contributed by atoms with E-state index in [1.807, 2.05) is 0 Å². The van der Waals surface area contributed by atoms with Crippen LogP contribution in [0.2, 0.25) is 0 Å². The lowest BCUT2D eigenvalue weighted by Gasteiger charge is -2.34. The molecule has 0 fully saturated rings. The number of allylic oxidation sites excluding steroid dienone is 2. The van der Waals surface area contributed by atoms with E-state index in [4.69, 9.17) is 5.73 Å². The van der Waals surface area contributed by atoms with E-state index in [9.17, 15) is 5.26 Å². The Labute approximate surface area is 217 Å². The normalized spacial score (nSPS) is 14.4. The third kappa shape index (κ3) is 3.44. The zero-order valence-electron chi connectivity index (χ0n) is 20.4. The molecule has 0 aliphatic heterocycles. The summed E-state index contributed by atoms with van der Waals surface area (Å²) in [4.78, 5) is 0. The summed E-state index contributed by atoms with van der Waals surface area (Å²) < 4.78 is 0. The van der Waals surface area contributed by atoms with Crippen LogP contribution in [0.15, 0.2) is 134 Å². The quantitative estimate of drug-likeness (QED) is 0.261. The van der Waals surface area contributed by atoms with Crippen LogP contribution in [0.4, 0.5) is 0 Å². The highest BCUT2D eigenvalue weighted by atomic mass is 14.6. The minimum absolute atomic E-state index is 0.461. The number of hydrogen-bond donors (Lipinski definition) is 1. The molecule has 0 saturated heterocycles. The lowest BCUT2D eigenvalue weighted by atomic mass is 9.67. The van der Waals surface area contributed by atoms with Crippen molar-refractivity contribution in [3.05, 3.63) is 162 Å². The average molecular weight is 475 g/mol. The molecule has 1 atom stereocenters. The van der Waals surface area contributed by atoms with Gasteiger partial charge in [-0.05, 0) is 67.4 Å². The van der Waals surface area contributed by atoms with Crippen molar-refractivity contribution in [3.8, 4) is 17.2 Å². The molecule has 37 heavy (non-hydrogen) atoms. The Morgan fingerprint density at radius 1 is 0.784 bits per heavy atom. The van der Waals surface area contributed by atoms with Crippen LogP contribution in [0.25, 0.3) is 27.5 Å². The molecule has 2 N–H and O–H groups in total. The molecular formula is C35H26N2. The Morgan fingerprint density at radius 3 is 2.05 bits per heavy atom. The summed E-state index contributed by atoms with van der Waals surface area (Å²) in [5, 5.41) is 11.7. The van der Waals surface area contributed by atoms with Gasteiger partial charge in [-0.3, -0.25) is 0 Å². The predicted molar refractivity (Wildman–Crippen MR) is 153 cm³/mol. The van der Waals surface area contributed by atoms with E-state index in [2.05, 4.69) is 128 Å². The number of fused-ring (bicyclic) bond motifs is 5. The highest BCUT2D eigenvalue weighted by Gasteiger charge is 2.46. The van der Waals surface area contributed by atoms with Crippen molar-refractivity contribution < 1.29 is 0 Å². The second-order valence-corrected chi connectivity index (χ2v) is 9.43. The van der Waals surface area contributed by atoms with Crippen molar-refractivity contribution in [2.45, 2.75) is 11.5 Å². The van der Waals surface area contributed by atoms with E-state index >= 15 is 0 Å². The van der Waals surface area contributed by atoms with Gasteiger partial charge in [0.2, 0.25) is 0 Å². The Bertz CT molecular complexity index is 1670. The van der Waals surface area contributed by atoms with Crippen molar-refractivity contribution in [1.29, 1.82) is 5.26 Å². The van der Waals surface area contributed by atoms with E-state index < -0.39 is 11.5 Å². The molecule has 6 rings (SSSR count). The van der Waals surface area contributed by atoms with E-state index in [0.717, 1.165) is 11.1 Å². The minimum Gasteiger partial charge on any atom is -0.313 e. The number of nitriles is 1. The topological polar surface area (TPSA) is 49.8 Å². The maximum atomic E-state index is 9.30. The highest BCUT2D eigenvalue weighted by Crippen LogP contribution is 2.58. The van der Waals surface area contributed by atoms with Crippen molar-refractivity contribution in [2.24, 2.45) is 5.73 Å². The first-order chi connectivity index (χ1) is 18.2. The molecule has 0 spiro atoms. The number of hydrogen-bond acceptors (Lipinski definition) is 2. The van der Waals surface area contributed by atoms with E-state index in [1.54, 1.807) is 12.2 Å². The zero-order chi connectivity index (χ0) is 25.4. The van der Waals surface area contributed by atoms with Crippen molar-refractivity contribution in [1.82, 2.24) is 0 Å². The summed E-state index contributed by atoms with van der Waals surface area (Å²) in [6.45, 7) is 4.00. The summed E-state index contributed by atoms with van der Waals surface area (Å²) in [5.41, 5.74) is 14.8. The Hall–Kier alpha value is -4.71. The van der Waals surface area contributed by atoms with Gasteiger partial charge in [0.05, 0.1) is 11.5 Å². The molecule has 0 radical (unpaired) electrons. The number of nitrogens with zero attached hydrogens (tertiary/aromatic N) is 1. The maximum absolute atomic E-state index is 9.30. The van der Waals surface area contributed by atoms with E-state index in [1.165, 1.54) is 44.2 Å². The van der Waals surface area contributed by atoms with Gasteiger partial charge >= 0.3 is 0 Å². The van der Waals surface area contributed by atoms with Gasteiger partial charge in [-0.1, -0.05) is 122 Å². The molecule has 2 nitrogen and oxygen atoms in total. The fourth-order valence-electron chi connectivity index (χ4n) is 5.95. The van der Waals surface area contributed by atoms with Crippen molar-refractivity contribution in [3.63, 3.8) is 0 Å². The first-order valence-electron chi connectivity index (χ1n) is 12.5. The maximum Gasteiger partial charge on any atom is 0.112 e. The van der Waals surface area contributed by atoms with Crippen LogP contribution >= 0.6 is 0 Å². The van der Waals surface area contributed by atoms with E-state index in [0.29, 0.717) is 0 Å². The molecule has 0 heterocycles. The minimum atomic E-state index is -0.693. The third-order valence-corrected chi connectivity index (χ3v) is 7.50. The zero-order valence-corrected chi connectivity index (χ0v) is 20.4. The fraction of sp³-hybridized carbons (Fsp3) is 0.0571. The first kappa shape index (κ1) is 22.7.